The Balaban J connectivity index is 3.79. The Hall–Kier alpha value is 0.730. The zero-order valence-electron chi connectivity index (χ0n) is 9.94. The van der Waals surface area contributed by atoms with Crippen molar-refractivity contribution in [3.05, 3.63) is 0 Å². The minimum absolute atomic E-state index is 0.506. The standard InChI is InChI=1S/C12H26I/c1-6-7-12(10(2)3)8-11(4)9-13-5/h10-12H,6-9H2,1-5H3/q-1. The van der Waals surface area contributed by atoms with E-state index in [1.54, 1.807) is 0 Å². The second-order valence-corrected chi connectivity index (χ2v) is 6.96. The quantitative estimate of drug-likeness (QED) is 0.482. The van der Waals surface area contributed by atoms with Gasteiger partial charge in [-0.3, -0.25) is 0 Å². The summed E-state index contributed by atoms with van der Waals surface area (Å²) >= 11 is 0.506. The van der Waals surface area contributed by atoms with E-state index in [1.165, 1.54) is 23.7 Å². The van der Waals surface area contributed by atoms with Crippen LogP contribution >= 0.6 is 0 Å². The van der Waals surface area contributed by atoms with Crippen molar-refractivity contribution in [2.45, 2.75) is 47.0 Å². The average molecular weight is 297 g/mol. The van der Waals surface area contributed by atoms with Crippen molar-refractivity contribution in [2.75, 3.05) is 9.36 Å². The summed E-state index contributed by atoms with van der Waals surface area (Å²) in [5.41, 5.74) is 0. The summed E-state index contributed by atoms with van der Waals surface area (Å²) in [6.45, 7) is 9.52. The number of alkyl halides is 2. The molecule has 0 aromatic carbocycles. The van der Waals surface area contributed by atoms with Crippen LogP contribution in [0.1, 0.15) is 47.0 Å². The monoisotopic (exact) mass is 297 g/mol. The number of hydrogen-bond donors (Lipinski definition) is 0. The fourth-order valence-electron chi connectivity index (χ4n) is 1.94. The van der Waals surface area contributed by atoms with Gasteiger partial charge in [-0.15, -0.1) is 0 Å². The molecular formula is C12H26I-. The van der Waals surface area contributed by atoms with Gasteiger partial charge < -0.3 is 0 Å². The maximum atomic E-state index is 2.44. The van der Waals surface area contributed by atoms with Crippen molar-refractivity contribution in [2.24, 2.45) is 17.8 Å². The molecule has 0 aromatic heterocycles. The van der Waals surface area contributed by atoms with E-state index in [4.69, 9.17) is 0 Å². The fourth-order valence-corrected chi connectivity index (χ4v) is 3.80. The first-order valence-corrected chi connectivity index (χ1v) is 9.23. The van der Waals surface area contributed by atoms with Gasteiger partial charge in [-0.2, -0.15) is 0 Å². The third-order valence-corrected chi connectivity index (χ3v) is 5.11. The van der Waals surface area contributed by atoms with Gasteiger partial charge in [0.25, 0.3) is 0 Å². The molecule has 0 fully saturated rings. The third kappa shape index (κ3) is 6.75. The zero-order valence-corrected chi connectivity index (χ0v) is 12.1. The first-order valence-electron chi connectivity index (χ1n) is 5.55. The van der Waals surface area contributed by atoms with Crippen molar-refractivity contribution in [1.29, 1.82) is 0 Å². The van der Waals surface area contributed by atoms with Gasteiger partial charge in [0.15, 0.2) is 0 Å². The van der Waals surface area contributed by atoms with Gasteiger partial charge in [-0.25, -0.2) is 0 Å². The van der Waals surface area contributed by atoms with Gasteiger partial charge in [0.2, 0.25) is 0 Å². The Kier molecular flexibility index (Phi) is 8.53. The van der Waals surface area contributed by atoms with Crippen LogP contribution in [0.15, 0.2) is 0 Å². The van der Waals surface area contributed by atoms with Crippen LogP contribution in [-0.4, -0.2) is 9.36 Å². The Morgan fingerprint density at radius 2 is 1.77 bits per heavy atom. The number of hydrogen-bond acceptors (Lipinski definition) is 0. The summed E-state index contributed by atoms with van der Waals surface area (Å²) in [4.78, 5) is 2.40. The summed E-state index contributed by atoms with van der Waals surface area (Å²) in [7, 11) is 0. The molecule has 0 saturated carbocycles. The van der Waals surface area contributed by atoms with Crippen LogP contribution in [0.2, 0.25) is 0 Å². The van der Waals surface area contributed by atoms with Crippen LogP contribution in [0.25, 0.3) is 0 Å². The van der Waals surface area contributed by atoms with Gasteiger partial charge in [-0.05, 0) is 0 Å². The molecule has 0 aliphatic carbocycles. The molecule has 2 unspecified atom stereocenters. The van der Waals surface area contributed by atoms with Crippen LogP contribution in [0.4, 0.5) is 0 Å². The summed E-state index contributed by atoms with van der Waals surface area (Å²) in [5.74, 6) is 2.85. The third-order valence-electron chi connectivity index (χ3n) is 2.73. The van der Waals surface area contributed by atoms with E-state index < -0.39 is 0 Å². The first-order chi connectivity index (χ1) is 6.11. The molecule has 0 heterocycles. The average Bonchev–Trinajstić information content (AvgIpc) is 2.04. The van der Waals surface area contributed by atoms with E-state index in [-0.39, 0.29) is 0 Å². The molecule has 0 aliphatic rings. The second kappa shape index (κ2) is 8.07. The summed E-state index contributed by atoms with van der Waals surface area (Å²) in [6.07, 6.45) is 4.26. The summed E-state index contributed by atoms with van der Waals surface area (Å²) in [5, 5.41) is 0. The summed E-state index contributed by atoms with van der Waals surface area (Å²) < 4.78 is 1.52. The Labute approximate surface area is 95.1 Å². The molecule has 1 heteroatoms. The van der Waals surface area contributed by atoms with E-state index in [0.29, 0.717) is 21.2 Å². The molecule has 0 nitrogen and oxygen atoms in total. The van der Waals surface area contributed by atoms with Crippen LogP contribution in [0.3, 0.4) is 0 Å². The van der Waals surface area contributed by atoms with Crippen molar-refractivity contribution in [3.8, 4) is 0 Å². The van der Waals surface area contributed by atoms with Crippen molar-refractivity contribution < 1.29 is 21.2 Å². The van der Waals surface area contributed by atoms with Crippen molar-refractivity contribution in [1.82, 2.24) is 0 Å². The van der Waals surface area contributed by atoms with Crippen LogP contribution in [0.5, 0.6) is 0 Å². The molecule has 0 saturated heterocycles. The second-order valence-electron chi connectivity index (χ2n) is 4.56. The van der Waals surface area contributed by atoms with Gasteiger partial charge in [0.05, 0.1) is 0 Å². The van der Waals surface area contributed by atoms with Crippen LogP contribution in [0, 0.1) is 17.8 Å². The summed E-state index contributed by atoms with van der Waals surface area (Å²) in [6, 6.07) is 0. The molecule has 0 aliphatic heterocycles. The predicted octanol–water partition coefficient (Wildman–Crippen LogP) is 0.804. The molecule has 0 spiro atoms. The van der Waals surface area contributed by atoms with Gasteiger partial charge in [0, 0.05) is 0 Å². The van der Waals surface area contributed by atoms with E-state index in [9.17, 15) is 0 Å². The Morgan fingerprint density at radius 3 is 2.15 bits per heavy atom. The molecule has 13 heavy (non-hydrogen) atoms. The van der Waals surface area contributed by atoms with Crippen LogP contribution < -0.4 is 21.2 Å². The fraction of sp³-hybridized carbons (Fsp3) is 1.00. The van der Waals surface area contributed by atoms with E-state index >= 15 is 0 Å². The Morgan fingerprint density at radius 1 is 1.15 bits per heavy atom. The molecule has 0 radical (unpaired) electrons. The van der Waals surface area contributed by atoms with E-state index in [0.717, 1.165) is 17.8 Å². The zero-order chi connectivity index (χ0) is 10.3. The molecule has 0 N–H and O–H groups in total. The SMILES string of the molecule is CCCC(CC(C)C[I-]C)C(C)C. The van der Waals surface area contributed by atoms with Gasteiger partial charge in [-0.1, -0.05) is 0 Å². The van der Waals surface area contributed by atoms with Crippen molar-refractivity contribution >= 4 is 0 Å². The molecule has 0 bridgehead atoms. The van der Waals surface area contributed by atoms with E-state index in [2.05, 4.69) is 32.6 Å². The minimum atomic E-state index is 0.506. The normalized spacial score (nSPS) is 16.5. The Bertz CT molecular complexity index is 110. The molecule has 0 aromatic rings. The molecule has 0 rings (SSSR count). The van der Waals surface area contributed by atoms with Crippen LogP contribution in [-0.2, 0) is 0 Å². The van der Waals surface area contributed by atoms with E-state index in [1.807, 2.05) is 0 Å². The van der Waals surface area contributed by atoms with Gasteiger partial charge >= 0.3 is 95.3 Å². The topological polar surface area (TPSA) is 0 Å². The number of halogens is 1. The molecule has 2 atom stereocenters. The first kappa shape index (κ1) is 13.7. The molecular weight excluding hydrogens is 271 g/mol. The predicted molar refractivity (Wildman–Crippen MR) is 57.8 cm³/mol. The maximum absolute atomic E-state index is 2.44. The molecule has 0 amide bonds. The van der Waals surface area contributed by atoms with Gasteiger partial charge in [0.1, 0.15) is 0 Å². The number of rotatable bonds is 7. The molecule has 82 valence electrons. The van der Waals surface area contributed by atoms with Crippen molar-refractivity contribution in [3.63, 3.8) is 0 Å².